The highest BCUT2D eigenvalue weighted by Gasteiger charge is 2.30. The number of allylic oxidation sites excluding steroid dienone is 2. The molecule has 1 aliphatic rings. The first-order valence-corrected chi connectivity index (χ1v) is 13.1. The van der Waals surface area contributed by atoms with E-state index in [1.807, 2.05) is 19.9 Å². The van der Waals surface area contributed by atoms with Crippen LogP contribution in [0.3, 0.4) is 0 Å². The van der Waals surface area contributed by atoms with Gasteiger partial charge in [-0.1, -0.05) is 45.9 Å². The Bertz CT molecular complexity index is 1360. The van der Waals surface area contributed by atoms with E-state index in [1.165, 1.54) is 13.2 Å². The number of benzene rings is 3. The van der Waals surface area contributed by atoms with Gasteiger partial charge in [0.05, 0.1) is 7.11 Å². The molecule has 0 fully saturated rings. The molecule has 3 aromatic rings. The number of hydrogen-bond acceptors (Lipinski definition) is 3. The molecule has 0 atom stereocenters. The Kier molecular flexibility index (Phi) is 9.84. The van der Waals surface area contributed by atoms with Gasteiger partial charge in [0, 0.05) is 18.1 Å². The number of aryl methyl sites for hydroxylation is 1. The highest BCUT2D eigenvalue weighted by atomic mass is 19.1. The molecule has 0 aliphatic heterocycles. The van der Waals surface area contributed by atoms with Crippen molar-refractivity contribution in [2.24, 2.45) is 5.41 Å². The molecular weight excluding hydrogens is 505 g/mol. The summed E-state index contributed by atoms with van der Waals surface area (Å²) in [5, 5.41) is 8.88. The molecule has 0 radical (unpaired) electrons. The Labute approximate surface area is 228 Å². The van der Waals surface area contributed by atoms with Crippen molar-refractivity contribution in [2.75, 3.05) is 7.11 Å². The number of aliphatic carboxylic acids is 1. The third-order valence-electron chi connectivity index (χ3n) is 6.77. The molecule has 3 aromatic carbocycles. The predicted octanol–water partition coefficient (Wildman–Crippen LogP) is 8.61. The van der Waals surface area contributed by atoms with Crippen LogP contribution >= 0.6 is 0 Å². The fourth-order valence-corrected chi connectivity index (χ4v) is 4.75. The van der Waals surface area contributed by atoms with Crippen LogP contribution in [0.1, 0.15) is 63.6 Å². The molecule has 0 saturated heterocycles. The van der Waals surface area contributed by atoms with Crippen LogP contribution in [-0.4, -0.2) is 18.2 Å². The second-order valence-electron chi connectivity index (χ2n) is 9.83. The van der Waals surface area contributed by atoms with E-state index in [2.05, 4.69) is 19.9 Å². The number of carboxylic acids is 1. The smallest absolute Gasteiger partial charge is 0.303 e. The van der Waals surface area contributed by atoms with Gasteiger partial charge in [0.1, 0.15) is 24.0 Å². The Hall–Kier alpha value is -3.74. The van der Waals surface area contributed by atoms with Crippen LogP contribution in [-0.2, 0) is 17.8 Å². The van der Waals surface area contributed by atoms with Gasteiger partial charge in [0.25, 0.3) is 0 Å². The van der Waals surface area contributed by atoms with Crippen LogP contribution in [0.4, 0.5) is 13.2 Å². The standard InChI is InChI=1S/C30H29F3O4.C2H6/c1-30(2)12-4-5-25(30)23-13-18(6-9-22(23)24-16-21(36-3)8-10-26(24)32)17-37-27-15-20(31)14-19(29(27)33)7-11-28(34)35;1-2/h5-6,8-10,13-16H,4,7,11-12,17H2,1-3H3,(H,34,35);1-2H3. The molecule has 4 rings (SSSR count). The van der Waals surface area contributed by atoms with Gasteiger partial charge in [0.2, 0.25) is 0 Å². The van der Waals surface area contributed by atoms with Crippen molar-refractivity contribution in [3.05, 3.63) is 88.7 Å². The Morgan fingerprint density at radius 2 is 1.72 bits per heavy atom. The van der Waals surface area contributed by atoms with Crippen molar-refractivity contribution in [3.63, 3.8) is 0 Å². The van der Waals surface area contributed by atoms with Crippen LogP contribution in [0.15, 0.2) is 54.6 Å². The lowest BCUT2D eigenvalue weighted by atomic mass is 9.79. The maximum absolute atomic E-state index is 14.9. The van der Waals surface area contributed by atoms with Crippen molar-refractivity contribution in [1.29, 1.82) is 0 Å². The Morgan fingerprint density at radius 3 is 2.36 bits per heavy atom. The van der Waals surface area contributed by atoms with Crippen LogP contribution in [0, 0.1) is 22.9 Å². The van der Waals surface area contributed by atoms with Gasteiger partial charge in [-0.25, -0.2) is 13.2 Å². The largest absolute Gasteiger partial charge is 0.497 e. The highest BCUT2D eigenvalue weighted by Crippen LogP contribution is 2.47. The molecule has 0 saturated carbocycles. The molecule has 0 amide bonds. The number of carboxylic acid groups (broad SMARTS) is 1. The minimum Gasteiger partial charge on any atom is -0.497 e. The first-order valence-electron chi connectivity index (χ1n) is 13.1. The Morgan fingerprint density at radius 1 is 0.974 bits per heavy atom. The average molecular weight is 541 g/mol. The SMILES string of the molecule is CC.COc1ccc(F)c(-c2ccc(COc3cc(F)cc(CCC(=O)O)c3F)cc2C2=CCCC2(C)C)c1. The van der Waals surface area contributed by atoms with Gasteiger partial charge >= 0.3 is 5.97 Å². The lowest BCUT2D eigenvalue weighted by Gasteiger charge is -2.25. The zero-order valence-electron chi connectivity index (χ0n) is 23.0. The molecular formula is C32H35F3O4. The summed E-state index contributed by atoms with van der Waals surface area (Å²) in [4.78, 5) is 10.9. The van der Waals surface area contributed by atoms with E-state index >= 15 is 0 Å². The molecule has 208 valence electrons. The summed E-state index contributed by atoms with van der Waals surface area (Å²) in [5.41, 5.74) is 3.55. The van der Waals surface area contributed by atoms with Crippen molar-refractivity contribution in [3.8, 4) is 22.6 Å². The summed E-state index contributed by atoms with van der Waals surface area (Å²) < 4.78 is 54.9. The summed E-state index contributed by atoms with van der Waals surface area (Å²) in [6.45, 7) is 8.23. The van der Waals surface area contributed by atoms with E-state index in [9.17, 15) is 18.0 Å². The van der Waals surface area contributed by atoms with Crippen molar-refractivity contribution >= 4 is 11.5 Å². The quantitative estimate of drug-likeness (QED) is 0.295. The summed E-state index contributed by atoms with van der Waals surface area (Å²) in [5.74, 6) is -2.72. The number of halogens is 3. The number of carbonyl (C=O) groups is 1. The average Bonchev–Trinajstić information content (AvgIpc) is 3.28. The first kappa shape index (κ1) is 29.8. The van der Waals surface area contributed by atoms with E-state index in [1.54, 1.807) is 24.3 Å². The summed E-state index contributed by atoms with van der Waals surface area (Å²) in [6.07, 6.45) is 3.54. The number of hydrogen-bond donors (Lipinski definition) is 1. The second-order valence-corrected chi connectivity index (χ2v) is 9.83. The monoisotopic (exact) mass is 540 g/mol. The zero-order valence-corrected chi connectivity index (χ0v) is 23.0. The van der Waals surface area contributed by atoms with Gasteiger partial charge in [-0.2, -0.15) is 0 Å². The third-order valence-corrected chi connectivity index (χ3v) is 6.77. The molecule has 1 N–H and O–H groups in total. The van der Waals surface area contributed by atoms with E-state index < -0.39 is 17.6 Å². The summed E-state index contributed by atoms with van der Waals surface area (Å²) >= 11 is 0. The lowest BCUT2D eigenvalue weighted by Crippen LogP contribution is -2.10. The van der Waals surface area contributed by atoms with Crippen LogP contribution < -0.4 is 9.47 Å². The topological polar surface area (TPSA) is 55.8 Å². The number of rotatable bonds is 9. The van der Waals surface area contributed by atoms with E-state index in [0.717, 1.165) is 36.1 Å². The molecule has 0 spiro atoms. The molecule has 0 aromatic heterocycles. The Balaban J connectivity index is 0.00000205. The maximum atomic E-state index is 14.9. The van der Waals surface area contributed by atoms with Crippen molar-refractivity contribution in [1.82, 2.24) is 0 Å². The molecule has 0 heterocycles. The lowest BCUT2D eigenvalue weighted by molar-refractivity contribution is -0.136. The third kappa shape index (κ3) is 7.02. The fraction of sp³-hybridized carbons (Fsp3) is 0.344. The summed E-state index contributed by atoms with van der Waals surface area (Å²) in [6, 6.07) is 12.0. The second kappa shape index (κ2) is 12.9. The van der Waals surface area contributed by atoms with E-state index in [4.69, 9.17) is 14.6 Å². The van der Waals surface area contributed by atoms with Crippen molar-refractivity contribution < 1.29 is 32.5 Å². The van der Waals surface area contributed by atoms with Crippen LogP contribution in [0.2, 0.25) is 0 Å². The van der Waals surface area contributed by atoms with E-state index in [0.29, 0.717) is 22.4 Å². The van der Waals surface area contributed by atoms with Gasteiger partial charge in [-0.3, -0.25) is 4.79 Å². The highest BCUT2D eigenvalue weighted by molar-refractivity contribution is 5.85. The first-order chi connectivity index (χ1) is 18.6. The van der Waals surface area contributed by atoms with Crippen LogP contribution in [0.5, 0.6) is 11.5 Å². The molecule has 1 aliphatic carbocycles. The molecule has 4 nitrogen and oxygen atoms in total. The minimum absolute atomic E-state index is 0.0552. The van der Waals surface area contributed by atoms with Crippen LogP contribution in [0.25, 0.3) is 16.7 Å². The molecule has 39 heavy (non-hydrogen) atoms. The summed E-state index contributed by atoms with van der Waals surface area (Å²) in [7, 11) is 1.53. The number of ether oxygens (including phenoxy) is 2. The van der Waals surface area contributed by atoms with Gasteiger partial charge < -0.3 is 14.6 Å². The van der Waals surface area contributed by atoms with Gasteiger partial charge in [0.15, 0.2) is 11.6 Å². The fourth-order valence-electron chi connectivity index (χ4n) is 4.75. The number of methoxy groups -OCH3 is 1. The predicted molar refractivity (Wildman–Crippen MR) is 147 cm³/mol. The maximum Gasteiger partial charge on any atom is 0.303 e. The van der Waals surface area contributed by atoms with Gasteiger partial charge in [-0.15, -0.1) is 0 Å². The zero-order chi connectivity index (χ0) is 28.7. The molecule has 7 heteroatoms. The molecule has 0 unspecified atom stereocenters. The minimum atomic E-state index is -1.10. The van der Waals surface area contributed by atoms with E-state index in [-0.39, 0.29) is 42.0 Å². The molecule has 0 bridgehead atoms. The van der Waals surface area contributed by atoms with Gasteiger partial charge in [-0.05, 0) is 82.8 Å². The van der Waals surface area contributed by atoms with Crippen molar-refractivity contribution in [2.45, 2.75) is 60.0 Å². The normalized spacial score (nSPS) is 13.8.